The highest BCUT2D eigenvalue weighted by molar-refractivity contribution is 5.98. The molecule has 1 aliphatic carbocycles. The second kappa shape index (κ2) is 7.19. The number of fused-ring (bicyclic) bond motifs is 2. The van der Waals surface area contributed by atoms with E-state index in [9.17, 15) is 13.6 Å². The van der Waals surface area contributed by atoms with Gasteiger partial charge < -0.3 is 15.6 Å². The largest absolute Gasteiger partial charge is 0.365 e. The summed E-state index contributed by atoms with van der Waals surface area (Å²) >= 11 is 0. The Labute approximate surface area is 172 Å². The van der Waals surface area contributed by atoms with Crippen LogP contribution < -0.4 is 11.1 Å². The molecule has 1 aliphatic heterocycles. The number of imidazole rings is 1. The van der Waals surface area contributed by atoms with Crippen molar-refractivity contribution in [2.75, 3.05) is 5.32 Å². The zero-order valence-electron chi connectivity index (χ0n) is 16.3. The minimum atomic E-state index is -0.631. The van der Waals surface area contributed by atoms with Crippen LogP contribution in [0, 0.1) is 11.6 Å². The zero-order valence-corrected chi connectivity index (χ0v) is 16.3. The topological polar surface area (TPSA) is 85.8 Å². The molecule has 30 heavy (non-hydrogen) atoms. The van der Waals surface area contributed by atoms with Crippen LogP contribution in [0.25, 0.3) is 11.3 Å². The minimum Gasteiger partial charge on any atom is -0.365 e. The number of halogens is 2. The van der Waals surface area contributed by atoms with E-state index in [-0.39, 0.29) is 11.6 Å². The van der Waals surface area contributed by atoms with Crippen LogP contribution in [0.1, 0.15) is 40.3 Å². The Morgan fingerprint density at radius 3 is 2.83 bits per heavy atom. The van der Waals surface area contributed by atoms with Gasteiger partial charge in [-0.2, -0.15) is 0 Å². The molecule has 3 heterocycles. The van der Waals surface area contributed by atoms with Gasteiger partial charge in [0.2, 0.25) is 0 Å². The first kappa shape index (κ1) is 18.7. The molecule has 8 heteroatoms. The average molecular weight is 409 g/mol. The van der Waals surface area contributed by atoms with Crippen molar-refractivity contribution in [3.8, 4) is 11.3 Å². The minimum absolute atomic E-state index is 0.0302. The normalized spacial score (nSPS) is 17.5. The molecule has 0 fully saturated rings. The number of amides is 1. The number of primary amides is 1. The second-order valence-electron chi connectivity index (χ2n) is 7.91. The summed E-state index contributed by atoms with van der Waals surface area (Å²) in [4.78, 5) is 21.1. The van der Waals surface area contributed by atoms with Gasteiger partial charge in [-0.15, -0.1) is 0 Å². The van der Waals surface area contributed by atoms with Crippen molar-refractivity contribution in [2.45, 2.75) is 44.7 Å². The summed E-state index contributed by atoms with van der Waals surface area (Å²) in [5, 5.41) is 3.39. The molecule has 0 spiro atoms. The molecule has 2 aliphatic rings. The van der Waals surface area contributed by atoms with Gasteiger partial charge in [0.25, 0.3) is 5.91 Å². The third kappa shape index (κ3) is 3.32. The van der Waals surface area contributed by atoms with E-state index in [1.807, 2.05) is 10.6 Å². The van der Waals surface area contributed by atoms with Gasteiger partial charge in [-0.3, -0.25) is 4.79 Å². The van der Waals surface area contributed by atoms with E-state index in [0.717, 1.165) is 48.8 Å². The number of anilines is 1. The van der Waals surface area contributed by atoms with Crippen LogP contribution in [0.15, 0.2) is 30.5 Å². The van der Waals surface area contributed by atoms with E-state index in [0.29, 0.717) is 30.0 Å². The molecule has 0 radical (unpaired) electrons. The first-order valence-electron chi connectivity index (χ1n) is 10.1. The van der Waals surface area contributed by atoms with Crippen LogP contribution in [0.3, 0.4) is 0 Å². The lowest BCUT2D eigenvalue weighted by molar-refractivity contribution is 0.100. The Morgan fingerprint density at radius 2 is 2.03 bits per heavy atom. The highest BCUT2D eigenvalue weighted by Gasteiger charge is 2.25. The zero-order chi connectivity index (χ0) is 20.8. The van der Waals surface area contributed by atoms with Gasteiger partial charge in [-0.1, -0.05) is 0 Å². The predicted octanol–water partition coefficient (Wildman–Crippen LogP) is 3.24. The highest BCUT2D eigenvalue weighted by Crippen LogP contribution is 2.29. The number of nitrogens with two attached hydrogens (primary N) is 1. The maximum Gasteiger partial charge on any atom is 0.252 e. The number of benzene rings is 1. The molecular formula is C22H21F2N5O. The van der Waals surface area contributed by atoms with Crippen LogP contribution in [-0.4, -0.2) is 26.5 Å². The van der Waals surface area contributed by atoms with Crippen molar-refractivity contribution >= 4 is 11.7 Å². The fourth-order valence-corrected chi connectivity index (χ4v) is 4.35. The Hall–Kier alpha value is -3.29. The molecule has 1 aromatic carbocycles. The van der Waals surface area contributed by atoms with Gasteiger partial charge >= 0.3 is 0 Å². The van der Waals surface area contributed by atoms with Gasteiger partial charge in [-0.05, 0) is 49.4 Å². The first-order valence-corrected chi connectivity index (χ1v) is 10.1. The van der Waals surface area contributed by atoms with E-state index in [1.165, 1.54) is 12.1 Å². The molecular weight excluding hydrogens is 388 g/mol. The summed E-state index contributed by atoms with van der Waals surface area (Å²) < 4.78 is 29.3. The molecule has 3 N–H and O–H groups in total. The van der Waals surface area contributed by atoms with Crippen molar-refractivity contribution < 1.29 is 13.6 Å². The average Bonchev–Trinajstić information content (AvgIpc) is 3.33. The van der Waals surface area contributed by atoms with E-state index in [1.54, 1.807) is 6.20 Å². The monoisotopic (exact) mass is 409 g/mol. The Bertz CT molecular complexity index is 1160. The number of hydrogen-bond acceptors (Lipinski definition) is 4. The molecule has 0 saturated heterocycles. The van der Waals surface area contributed by atoms with Crippen LogP contribution in [0.5, 0.6) is 0 Å². The summed E-state index contributed by atoms with van der Waals surface area (Å²) in [5.41, 5.74) is 8.89. The summed E-state index contributed by atoms with van der Waals surface area (Å²) in [6.45, 7) is 0.599. The van der Waals surface area contributed by atoms with Gasteiger partial charge in [-0.25, -0.2) is 18.7 Å². The van der Waals surface area contributed by atoms with Crippen molar-refractivity contribution in [1.29, 1.82) is 0 Å². The maximum absolute atomic E-state index is 14.1. The molecule has 154 valence electrons. The molecule has 1 atom stereocenters. The van der Waals surface area contributed by atoms with Crippen molar-refractivity contribution in [1.82, 2.24) is 14.5 Å². The Balaban J connectivity index is 1.39. The highest BCUT2D eigenvalue weighted by atomic mass is 19.1. The van der Waals surface area contributed by atoms with Crippen LogP contribution in [-0.2, 0) is 25.8 Å². The lowest BCUT2D eigenvalue weighted by Gasteiger charge is -2.26. The summed E-state index contributed by atoms with van der Waals surface area (Å²) in [6.07, 6.45) is 6.13. The number of rotatable bonds is 4. The predicted molar refractivity (Wildman–Crippen MR) is 108 cm³/mol. The number of hydrogen-bond donors (Lipinski definition) is 2. The molecule has 1 unspecified atom stereocenters. The first-order chi connectivity index (χ1) is 14.5. The number of nitrogens with zero attached hydrogens (tertiary/aromatic N) is 3. The number of aromatic nitrogens is 3. The molecule has 6 nitrogen and oxygen atoms in total. The number of carbonyl (C=O) groups excluding carboxylic acids is 1. The van der Waals surface area contributed by atoms with Gasteiger partial charge in [0.1, 0.15) is 23.3 Å². The SMILES string of the molecule is NC(=O)c1cc2c(nc1NC1CCc3nc(-c4ccc(F)cc4F)cn3C1)CCC2. The molecule has 1 amide bonds. The lowest BCUT2D eigenvalue weighted by Crippen LogP contribution is -2.32. The van der Waals surface area contributed by atoms with E-state index < -0.39 is 17.5 Å². The number of pyridine rings is 1. The van der Waals surface area contributed by atoms with E-state index in [4.69, 9.17) is 5.73 Å². The van der Waals surface area contributed by atoms with Crippen LogP contribution >= 0.6 is 0 Å². The molecule has 0 saturated carbocycles. The second-order valence-corrected chi connectivity index (χ2v) is 7.91. The molecule has 3 aromatic rings. The summed E-state index contributed by atoms with van der Waals surface area (Å²) in [5.74, 6) is -0.358. The van der Waals surface area contributed by atoms with Crippen LogP contribution in [0.4, 0.5) is 14.6 Å². The summed E-state index contributed by atoms with van der Waals surface area (Å²) in [7, 11) is 0. The molecule has 2 aromatic heterocycles. The molecule has 5 rings (SSSR count). The smallest absolute Gasteiger partial charge is 0.252 e. The van der Waals surface area contributed by atoms with E-state index >= 15 is 0 Å². The number of aryl methyl sites for hydroxylation is 3. The third-order valence-corrected chi connectivity index (χ3v) is 5.86. The van der Waals surface area contributed by atoms with Crippen molar-refractivity contribution in [2.24, 2.45) is 5.73 Å². The van der Waals surface area contributed by atoms with Gasteiger partial charge in [0.05, 0.1) is 11.3 Å². The quantitative estimate of drug-likeness (QED) is 0.693. The lowest BCUT2D eigenvalue weighted by atomic mass is 10.1. The maximum atomic E-state index is 14.1. The number of carbonyl (C=O) groups is 1. The van der Waals surface area contributed by atoms with Crippen molar-refractivity contribution in [3.63, 3.8) is 0 Å². The van der Waals surface area contributed by atoms with Crippen LogP contribution in [0.2, 0.25) is 0 Å². The Kier molecular flexibility index (Phi) is 4.49. The fraction of sp³-hybridized carbons (Fsp3) is 0.318. The summed E-state index contributed by atoms with van der Waals surface area (Å²) in [6, 6.07) is 5.39. The molecule has 0 bridgehead atoms. The third-order valence-electron chi connectivity index (χ3n) is 5.86. The standard InChI is InChI=1S/C22H21F2N5O/c23-13-4-6-15(17(24)9-13)19-11-29-10-14(5-7-20(29)27-19)26-22-16(21(25)30)8-12-2-1-3-18(12)28-22/h4,6,8-9,11,14H,1-3,5,7,10H2,(H2,25,30)(H,26,28). The fourth-order valence-electron chi connectivity index (χ4n) is 4.35. The van der Waals surface area contributed by atoms with Gasteiger partial charge in [0.15, 0.2) is 0 Å². The van der Waals surface area contributed by atoms with Gasteiger partial charge in [0, 0.05) is 42.5 Å². The van der Waals surface area contributed by atoms with Crippen molar-refractivity contribution in [3.05, 3.63) is 64.7 Å². The van der Waals surface area contributed by atoms with E-state index in [2.05, 4.69) is 15.3 Å². The number of nitrogens with one attached hydrogen (secondary N) is 1. The Morgan fingerprint density at radius 1 is 1.17 bits per heavy atom.